The molecule has 0 aliphatic carbocycles. The van der Waals surface area contributed by atoms with Gasteiger partial charge in [-0.15, -0.1) is 0 Å². The molecule has 11 nitrogen and oxygen atoms in total. The third kappa shape index (κ3) is 26.9. The van der Waals surface area contributed by atoms with Gasteiger partial charge in [0.15, 0.2) is 6.10 Å². The monoisotopic (exact) mass is 796 g/mol. The van der Waals surface area contributed by atoms with Crippen LogP contribution in [0.4, 0.5) is 0 Å². The molecular formula is C43H74NO10P. The highest BCUT2D eigenvalue weighted by molar-refractivity contribution is 7.47. The molecule has 12 heteroatoms. The van der Waals surface area contributed by atoms with Crippen molar-refractivity contribution in [1.29, 1.82) is 0 Å². The molecule has 0 amide bonds. The number of carbonyl (C=O) groups is 2. The first kappa shape index (κ1) is 50.5. The van der Waals surface area contributed by atoms with E-state index in [0.29, 0.717) is 19.3 Å². The van der Waals surface area contributed by atoms with Gasteiger partial charge in [-0.25, -0.2) is 4.57 Å². The molecule has 0 aliphatic heterocycles. The highest BCUT2D eigenvalue weighted by Gasteiger charge is 2.26. The number of furan rings is 1. The van der Waals surface area contributed by atoms with E-state index in [4.69, 9.17) is 28.7 Å². The summed E-state index contributed by atoms with van der Waals surface area (Å²) < 4.78 is 39.0. The molecule has 1 heterocycles. The number of hydrogen-bond donors (Lipinski definition) is 3. The van der Waals surface area contributed by atoms with E-state index in [2.05, 4.69) is 39.8 Å². The molecule has 1 aromatic rings. The van der Waals surface area contributed by atoms with Gasteiger partial charge in [-0.3, -0.25) is 18.6 Å². The van der Waals surface area contributed by atoms with Gasteiger partial charge < -0.3 is 29.6 Å². The molecule has 0 saturated heterocycles. The Balaban J connectivity index is 2.34. The molecule has 3 atom stereocenters. The highest BCUT2D eigenvalue weighted by atomic mass is 31.2. The van der Waals surface area contributed by atoms with Crippen molar-refractivity contribution in [3.05, 3.63) is 59.1 Å². The fraction of sp³-hybridized carbons (Fsp3) is 0.721. The molecule has 0 radical (unpaired) electrons. The Morgan fingerprint density at radius 3 is 2.00 bits per heavy atom. The predicted molar refractivity (Wildman–Crippen MR) is 220 cm³/mol. The van der Waals surface area contributed by atoms with Crippen LogP contribution in [0.1, 0.15) is 158 Å². The van der Waals surface area contributed by atoms with E-state index in [-0.39, 0.29) is 32.6 Å². The van der Waals surface area contributed by atoms with Crippen LogP contribution in [0.15, 0.2) is 40.9 Å². The van der Waals surface area contributed by atoms with E-state index in [0.717, 1.165) is 95.0 Å². The normalized spacial score (nSPS) is 14.2. The van der Waals surface area contributed by atoms with Crippen LogP contribution >= 0.6 is 7.82 Å². The van der Waals surface area contributed by atoms with Crippen molar-refractivity contribution >= 4 is 19.8 Å². The van der Waals surface area contributed by atoms with Gasteiger partial charge in [-0.1, -0.05) is 115 Å². The zero-order chi connectivity index (χ0) is 40.6. The lowest BCUT2D eigenvalue weighted by atomic mass is 10.0. The van der Waals surface area contributed by atoms with Crippen molar-refractivity contribution in [2.24, 2.45) is 5.73 Å². The van der Waals surface area contributed by atoms with Crippen LogP contribution in [-0.2, 0) is 45.5 Å². The Kier molecular flexibility index (Phi) is 29.9. The van der Waals surface area contributed by atoms with E-state index in [1.54, 1.807) is 6.08 Å². The second-order valence-corrected chi connectivity index (χ2v) is 15.7. The van der Waals surface area contributed by atoms with E-state index in [9.17, 15) is 24.2 Å². The minimum Gasteiger partial charge on any atom is -0.466 e. The summed E-state index contributed by atoms with van der Waals surface area (Å²) in [5, 5.41) is 10.1. The van der Waals surface area contributed by atoms with E-state index in [1.165, 1.54) is 30.4 Å². The fourth-order valence-corrected chi connectivity index (χ4v) is 6.70. The lowest BCUT2D eigenvalue weighted by Crippen LogP contribution is -2.29. The molecule has 0 bridgehead atoms. The molecule has 1 aromatic heterocycles. The van der Waals surface area contributed by atoms with Crippen molar-refractivity contribution in [1.82, 2.24) is 0 Å². The summed E-state index contributed by atoms with van der Waals surface area (Å²) in [5.74, 6) is 1.31. The number of esters is 2. The van der Waals surface area contributed by atoms with Gasteiger partial charge in [0.2, 0.25) is 0 Å². The molecule has 1 rings (SSSR count). The topological polar surface area (TPSA) is 168 Å². The van der Waals surface area contributed by atoms with Crippen molar-refractivity contribution in [3.8, 4) is 0 Å². The third-order valence-corrected chi connectivity index (χ3v) is 10.3. The number of allylic oxidation sites excluding steroid dienone is 5. The first-order valence-corrected chi connectivity index (χ1v) is 22.4. The first-order chi connectivity index (χ1) is 26.5. The van der Waals surface area contributed by atoms with E-state index in [1.807, 2.05) is 18.2 Å². The number of aliphatic hydroxyl groups is 1. The third-order valence-electron chi connectivity index (χ3n) is 9.35. The Bertz CT molecular complexity index is 1290. The number of aliphatic hydroxyl groups excluding tert-OH is 1. The van der Waals surface area contributed by atoms with Gasteiger partial charge in [-0.2, -0.15) is 0 Å². The summed E-state index contributed by atoms with van der Waals surface area (Å²) >= 11 is 0. The standard InChI is InChI=1S/C43H74NO10P/c1-5-7-9-10-11-15-21-26-38(45)27-22-16-14-19-24-30-42(46)50-34-39(35-52-55(48,49)51-33-32-44)53-43(47)31-25-18-13-12-17-23-29-41-37(4)36(3)40(54-41)28-20-8-6-2/h7,9,11,15,21,26,38-39,45H,5-6,8,10,12-14,16-20,22-25,27-35,44H2,1-4H3,(H,48,49)/b9-7+,15-11+,26-21+/t38?,39-/m1/s1. The van der Waals surface area contributed by atoms with Crippen LogP contribution in [0.3, 0.4) is 0 Å². The quantitative estimate of drug-likeness (QED) is 0.0197. The number of phosphoric ester groups is 1. The van der Waals surface area contributed by atoms with Crippen molar-refractivity contribution in [2.45, 2.75) is 175 Å². The number of carbonyl (C=O) groups excluding carboxylic acids is 2. The summed E-state index contributed by atoms with van der Waals surface area (Å²) in [6.07, 6.45) is 28.9. The Morgan fingerprint density at radius 1 is 0.764 bits per heavy atom. The summed E-state index contributed by atoms with van der Waals surface area (Å²) in [6.45, 7) is 7.71. The van der Waals surface area contributed by atoms with Crippen molar-refractivity contribution in [2.75, 3.05) is 26.4 Å². The number of nitrogens with two attached hydrogens (primary N) is 1. The van der Waals surface area contributed by atoms with E-state index < -0.39 is 38.6 Å². The van der Waals surface area contributed by atoms with Crippen LogP contribution in [0.25, 0.3) is 0 Å². The molecule has 0 fully saturated rings. The average molecular weight is 796 g/mol. The maximum atomic E-state index is 12.6. The molecular weight excluding hydrogens is 721 g/mol. The average Bonchev–Trinajstić information content (AvgIpc) is 3.43. The molecule has 316 valence electrons. The van der Waals surface area contributed by atoms with Crippen LogP contribution in [0.5, 0.6) is 0 Å². The van der Waals surface area contributed by atoms with Crippen molar-refractivity contribution < 1.29 is 47.1 Å². The number of hydrogen-bond acceptors (Lipinski definition) is 10. The lowest BCUT2D eigenvalue weighted by Gasteiger charge is -2.19. The molecule has 0 spiro atoms. The number of aryl methyl sites for hydroxylation is 2. The van der Waals surface area contributed by atoms with Crippen LogP contribution in [0.2, 0.25) is 0 Å². The predicted octanol–water partition coefficient (Wildman–Crippen LogP) is 10.0. The van der Waals surface area contributed by atoms with Gasteiger partial charge in [0.25, 0.3) is 0 Å². The second kappa shape index (κ2) is 32.5. The summed E-state index contributed by atoms with van der Waals surface area (Å²) in [5.41, 5.74) is 7.92. The number of rotatable bonds is 35. The largest absolute Gasteiger partial charge is 0.472 e. The zero-order valence-electron chi connectivity index (χ0n) is 34.5. The van der Waals surface area contributed by atoms with Gasteiger partial charge in [0.05, 0.1) is 19.3 Å². The minimum absolute atomic E-state index is 0.0298. The number of ether oxygens (including phenoxy) is 2. The Hall–Kier alpha value is -2.53. The van der Waals surface area contributed by atoms with Crippen LogP contribution in [-0.4, -0.2) is 60.5 Å². The molecule has 4 N–H and O–H groups in total. The molecule has 2 unspecified atom stereocenters. The van der Waals surface area contributed by atoms with Crippen molar-refractivity contribution in [3.63, 3.8) is 0 Å². The van der Waals surface area contributed by atoms with Crippen LogP contribution < -0.4 is 5.73 Å². The minimum atomic E-state index is -4.42. The Labute approximate surface area is 332 Å². The first-order valence-electron chi connectivity index (χ1n) is 20.9. The highest BCUT2D eigenvalue weighted by Crippen LogP contribution is 2.43. The maximum Gasteiger partial charge on any atom is 0.472 e. The van der Waals surface area contributed by atoms with Gasteiger partial charge in [-0.05, 0) is 69.9 Å². The summed E-state index contributed by atoms with van der Waals surface area (Å²) in [4.78, 5) is 35.0. The SMILES string of the molecule is CC/C=C/C/C=C/C=C/C(O)CCCCCCCC(=O)OC[C@H](COP(=O)(O)OCCN)OC(=O)CCCCCCCCc1oc(CCCCC)c(C)c1C. The van der Waals surface area contributed by atoms with Gasteiger partial charge in [0.1, 0.15) is 18.1 Å². The summed E-state index contributed by atoms with van der Waals surface area (Å²) in [6, 6.07) is 0. The smallest absolute Gasteiger partial charge is 0.466 e. The molecule has 55 heavy (non-hydrogen) atoms. The van der Waals surface area contributed by atoms with Gasteiger partial charge >= 0.3 is 19.8 Å². The number of unbranched alkanes of at least 4 members (excludes halogenated alkanes) is 11. The lowest BCUT2D eigenvalue weighted by molar-refractivity contribution is -0.161. The zero-order valence-corrected chi connectivity index (χ0v) is 35.4. The van der Waals surface area contributed by atoms with Crippen LogP contribution in [0, 0.1) is 13.8 Å². The summed E-state index contributed by atoms with van der Waals surface area (Å²) in [7, 11) is -4.42. The fourth-order valence-electron chi connectivity index (χ4n) is 5.94. The van der Waals surface area contributed by atoms with E-state index >= 15 is 0 Å². The van der Waals surface area contributed by atoms with Gasteiger partial charge in [0, 0.05) is 32.2 Å². The molecule has 0 aromatic carbocycles. The molecule has 0 aliphatic rings. The molecule has 0 saturated carbocycles. The maximum absolute atomic E-state index is 12.6. The number of phosphoric acid groups is 1. The second-order valence-electron chi connectivity index (χ2n) is 14.3. The Morgan fingerprint density at radius 2 is 1.36 bits per heavy atom.